The van der Waals surface area contributed by atoms with Crippen LogP contribution in [-0.2, 0) is 14.3 Å². The van der Waals surface area contributed by atoms with Crippen molar-refractivity contribution in [2.24, 2.45) is 0 Å². The number of carbonyl (C=O) groups is 2. The van der Waals surface area contributed by atoms with E-state index in [1.807, 2.05) is 0 Å². The lowest BCUT2D eigenvalue weighted by Gasteiger charge is -2.22. The Morgan fingerprint density at radius 3 is 0.948 bits per heavy atom. The molecule has 2 atom stereocenters. The number of rotatable bonds is 67. The van der Waals surface area contributed by atoms with Crippen molar-refractivity contribution in [2.45, 2.75) is 418 Å². The molecule has 0 fully saturated rings. The third kappa shape index (κ3) is 63.6. The fraction of sp³-hybridized carbons (Fsp3) is 0.944. The molecule has 0 aromatic rings. The molecule has 0 aromatic carbocycles. The summed E-state index contributed by atoms with van der Waals surface area (Å²) in [5, 5.41) is 23.3. The molecule has 0 heterocycles. The van der Waals surface area contributed by atoms with Crippen LogP contribution in [0.15, 0.2) is 12.2 Å². The van der Waals surface area contributed by atoms with Gasteiger partial charge in [-0.15, -0.1) is 0 Å². The Kier molecular flexibility index (Phi) is 65.9. The van der Waals surface area contributed by atoms with E-state index < -0.39 is 12.1 Å². The van der Waals surface area contributed by atoms with Gasteiger partial charge < -0.3 is 20.3 Å². The molecule has 0 radical (unpaired) electrons. The second kappa shape index (κ2) is 67.1. The summed E-state index contributed by atoms with van der Waals surface area (Å²) in [7, 11) is 0. The molecule has 2 unspecified atom stereocenters. The summed E-state index contributed by atoms with van der Waals surface area (Å²) in [6, 6.07) is -0.537. The lowest BCUT2D eigenvalue weighted by molar-refractivity contribution is -0.143. The average molecular weight is 1090 g/mol. The van der Waals surface area contributed by atoms with Gasteiger partial charge in [0.05, 0.1) is 25.4 Å². The van der Waals surface area contributed by atoms with Crippen LogP contribution in [0.5, 0.6) is 0 Å². The van der Waals surface area contributed by atoms with Gasteiger partial charge in [0.25, 0.3) is 0 Å². The molecule has 0 aromatic heterocycles. The van der Waals surface area contributed by atoms with Crippen LogP contribution in [0, 0.1) is 0 Å². The van der Waals surface area contributed by atoms with E-state index in [1.165, 1.54) is 327 Å². The SMILES string of the molecule is CCCCC/C=C\CCCCCCCC(=O)OCCCCCCCCCCCCCCCCCCCCCCCCCCCCCCCCCCCC(=O)NC(CO)C(O)CCCCCCCCCCCCCCCCC. The molecule has 0 aliphatic carbocycles. The molecule has 1 amide bonds. The summed E-state index contributed by atoms with van der Waals surface area (Å²) in [4.78, 5) is 24.5. The minimum Gasteiger partial charge on any atom is -0.466 e. The topological polar surface area (TPSA) is 95.9 Å². The van der Waals surface area contributed by atoms with Crippen molar-refractivity contribution >= 4 is 11.9 Å². The molecule has 0 aliphatic heterocycles. The van der Waals surface area contributed by atoms with Crippen molar-refractivity contribution in [3.8, 4) is 0 Å². The Bertz CT molecular complexity index is 1160. The lowest BCUT2D eigenvalue weighted by atomic mass is 10.0. The molecule has 0 aliphatic rings. The van der Waals surface area contributed by atoms with Gasteiger partial charge in [0.2, 0.25) is 5.91 Å². The van der Waals surface area contributed by atoms with Gasteiger partial charge in [-0.05, 0) is 51.4 Å². The van der Waals surface area contributed by atoms with E-state index in [9.17, 15) is 19.8 Å². The lowest BCUT2D eigenvalue weighted by Crippen LogP contribution is -2.45. The van der Waals surface area contributed by atoms with Crippen molar-refractivity contribution in [1.29, 1.82) is 0 Å². The van der Waals surface area contributed by atoms with Gasteiger partial charge >= 0.3 is 5.97 Å². The predicted octanol–water partition coefficient (Wildman–Crippen LogP) is 22.8. The van der Waals surface area contributed by atoms with Gasteiger partial charge in [0.1, 0.15) is 0 Å². The van der Waals surface area contributed by atoms with Crippen molar-refractivity contribution in [3.05, 3.63) is 12.2 Å². The Labute approximate surface area is 482 Å². The van der Waals surface area contributed by atoms with Crippen LogP contribution in [0.2, 0.25) is 0 Å². The number of hydrogen-bond donors (Lipinski definition) is 3. The Morgan fingerprint density at radius 1 is 0.351 bits per heavy atom. The summed E-state index contributed by atoms with van der Waals surface area (Å²) in [6.45, 7) is 4.96. The maximum absolute atomic E-state index is 12.5. The zero-order valence-corrected chi connectivity index (χ0v) is 52.5. The number of amides is 1. The molecule has 6 heteroatoms. The van der Waals surface area contributed by atoms with E-state index in [-0.39, 0.29) is 18.5 Å². The fourth-order valence-electron chi connectivity index (χ4n) is 11.4. The van der Waals surface area contributed by atoms with Crippen molar-refractivity contribution < 1.29 is 24.5 Å². The molecule has 0 saturated carbocycles. The van der Waals surface area contributed by atoms with E-state index in [2.05, 4.69) is 31.3 Å². The molecule has 0 spiro atoms. The molecule has 3 N–H and O–H groups in total. The first-order valence-electron chi connectivity index (χ1n) is 35.4. The summed E-state index contributed by atoms with van der Waals surface area (Å²) < 4.78 is 5.48. The molecular weight excluding hydrogens is 947 g/mol. The maximum atomic E-state index is 12.5. The maximum Gasteiger partial charge on any atom is 0.305 e. The second-order valence-corrected chi connectivity index (χ2v) is 24.6. The summed E-state index contributed by atoms with van der Waals surface area (Å²) in [6.07, 6.45) is 82.7. The Morgan fingerprint density at radius 2 is 0.610 bits per heavy atom. The second-order valence-electron chi connectivity index (χ2n) is 24.6. The number of carbonyl (C=O) groups excluding carboxylic acids is 2. The highest BCUT2D eigenvalue weighted by atomic mass is 16.5. The highest BCUT2D eigenvalue weighted by Gasteiger charge is 2.20. The van der Waals surface area contributed by atoms with Gasteiger partial charge in [0.15, 0.2) is 0 Å². The Balaban J connectivity index is 3.31. The first-order valence-corrected chi connectivity index (χ1v) is 35.4. The fourth-order valence-corrected chi connectivity index (χ4v) is 11.4. The number of esters is 1. The molecular formula is C71H139NO5. The van der Waals surface area contributed by atoms with E-state index in [1.54, 1.807) is 0 Å². The average Bonchev–Trinajstić information content (AvgIpc) is 3.43. The number of hydrogen-bond acceptors (Lipinski definition) is 5. The van der Waals surface area contributed by atoms with E-state index in [0.29, 0.717) is 25.9 Å². The van der Waals surface area contributed by atoms with Crippen molar-refractivity contribution in [1.82, 2.24) is 5.32 Å². The predicted molar refractivity (Wildman–Crippen MR) is 338 cm³/mol. The Hall–Kier alpha value is -1.40. The molecule has 458 valence electrons. The quantitative estimate of drug-likeness (QED) is 0.0320. The number of ether oxygens (including phenoxy) is 1. The van der Waals surface area contributed by atoms with Crippen LogP contribution in [0.1, 0.15) is 406 Å². The molecule has 77 heavy (non-hydrogen) atoms. The third-order valence-corrected chi connectivity index (χ3v) is 16.8. The van der Waals surface area contributed by atoms with Gasteiger partial charge in [-0.2, -0.15) is 0 Å². The first kappa shape index (κ1) is 75.6. The van der Waals surface area contributed by atoms with Crippen LogP contribution in [-0.4, -0.2) is 47.4 Å². The molecule has 0 rings (SSSR count). The van der Waals surface area contributed by atoms with Crippen LogP contribution < -0.4 is 5.32 Å². The summed E-state index contributed by atoms with van der Waals surface area (Å²) in [5.74, 6) is -0.0145. The molecule has 6 nitrogen and oxygen atoms in total. The zero-order chi connectivity index (χ0) is 55.7. The van der Waals surface area contributed by atoms with Crippen LogP contribution in [0.3, 0.4) is 0 Å². The number of nitrogens with one attached hydrogen (secondary N) is 1. The smallest absolute Gasteiger partial charge is 0.305 e. The normalized spacial score (nSPS) is 12.5. The largest absolute Gasteiger partial charge is 0.466 e. The number of unbranched alkanes of at least 4 members (excludes halogenated alkanes) is 54. The highest BCUT2D eigenvalue weighted by molar-refractivity contribution is 5.76. The highest BCUT2D eigenvalue weighted by Crippen LogP contribution is 2.19. The van der Waals surface area contributed by atoms with Crippen LogP contribution in [0.25, 0.3) is 0 Å². The zero-order valence-electron chi connectivity index (χ0n) is 52.5. The van der Waals surface area contributed by atoms with Gasteiger partial charge in [0, 0.05) is 12.8 Å². The van der Waals surface area contributed by atoms with Gasteiger partial charge in [-0.1, -0.05) is 353 Å². The van der Waals surface area contributed by atoms with Crippen molar-refractivity contribution in [2.75, 3.05) is 13.2 Å². The molecule has 0 saturated heterocycles. The van der Waals surface area contributed by atoms with Crippen LogP contribution >= 0.6 is 0 Å². The number of allylic oxidation sites excluding steroid dienone is 2. The van der Waals surface area contributed by atoms with Gasteiger partial charge in [-0.3, -0.25) is 9.59 Å². The van der Waals surface area contributed by atoms with Gasteiger partial charge in [-0.25, -0.2) is 0 Å². The van der Waals surface area contributed by atoms with Crippen molar-refractivity contribution in [3.63, 3.8) is 0 Å². The standard InChI is InChI=1S/C71H139NO5/c1-3-5-7-9-11-13-15-17-37-40-43-47-51-55-59-63-69(74)68(67-73)72-70(75)64-60-56-52-48-44-41-38-35-33-31-29-27-25-23-21-19-18-20-22-24-26-28-30-32-34-36-39-42-46-50-54-58-62-66-77-71(76)65-61-57-53-49-45-16-14-12-10-8-6-4-2/h12,14,68-69,73-74H,3-11,13,15-67H2,1-2H3,(H,72,75)/b14-12-. The molecule has 0 bridgehead atoms. The number of aliphatic hydroxyl groups is 2. The van der Waals surface area contributed by atoms with E-state index in [0.717, 1.165) is 44.9 Å². The summed E-state index contributed by atoms with van der Waals surface area (Å²) in [5.41, 5.74) is 0. The monoisotopic (exact) mass is 1090 g/mol. The minimum absolute atomic E-state index is 0.0123. The van der Waals surface area contributed by atoms with E-state index in [4.69, 9.17) is 4.74 Å². The number of aliphatic hydroxyl groups excluding tert-OH is 2. The minimum atomic E-state index is -0.660. The summed E-state index contributed by atoms with van der Waals surface area (Å²) >= 11 is 0. The van der Waals surface area contributed by atoms with Crippen LogP contribution in [0.4, 0.5) is 0 Å². The third-order valence-electron chi connectivity index (χ3n) is 16.8. The van der Waals surface area contributed by atoms with E-state index >= 15 is 0 Å². The first-order chi connectivity index (χ1) is 38.0.